The molecule has 0 aliphatic heterocycles. The van der Waals surface area contributed by atoms with Gasteiger partial charge in [0.25, 0.3) is 0 Å². The summed E-state index contributed by atoms with van der Waals surface area (Å²) in [4.78, 5) is 0. The van der Waals surface area contributed by atoms with Crippen LogP contribution in [0.1, 0.15) is 33.6 Å². The summed E-state index contributed by atoms with van der Waals surface area (Å²) in [5.41, 5.74) is 11.2. The number of rotatable bonds is 10. The van der Waals surface area contributed by atoms with Crippen molar-refractivity contribution in [1.29, 1.82) is 0 Å². The molecule has 0 rings (SSSR count). The topological polar surface area (TPSA) is 70.5 Å². The highest BCUT2D eigenvalue weighted by molar-refractivity contribution is 4.55. The second kappa shape index (κ2) is 10.0. The van der Waals surface area contributed by atoms with E-state index in [1.54, 1.807) is 0 Å². The van der Waals surface area contributed by atoms with Gasteiger partial charge in [-0.3, -0.25) is 0 Å². The average molecular weight is 232 g/mol. The van der Waals surface area contributed by atoms with E-state index in [1.807, 2.05) is 13.8 Å². The van der Waals surface area contributed by atoms with E-state index in [-0.39, 0.29) is 12.1 Å². The van der Waals surface area contributed by atoms with E-state index in [0.717, 1.165) is 26.1 Å². The van der Waals surface area contributed by atoms with Crippen LogP contribution in [0.3, 0.4) is 0 Å². The minimum atomic E-state index is 0.126. The Morgan fingerprint density at radius 3 is 2.00 bits per heavy atom. The van der Waals surface area contributed by atoms with Gasteiger partial charge in [-0.25, -0.2) is 0 Å². The molecule has 4 heteroatoms. The SMILES string of the molecule is CC(N)COCCCC(C)COCC(C)N. The van der Waals surface area contributed by atoms with E-state index < -0.39 is 0 Å². The average Bonchev–Trinajstić information content (AvgIpc) is 2.16. The first-order chi connectivity index (χ1) is 7.52. The Hall–Kier alpha value is -0.160. The lowest BCUT2D eigenvalue weighted by atomic mass is 10.1. The summed E-state index contributed by atoms with van der Waals surface area (Å²) in [7, 11) is 0. The molecule has 0 aliphatic rings. The van der Waals surface area contributed by atoms with Crippen molar-refractivity contribution >= 4 is 0 Å². The van der Waals surface area contributed by atoms with Crippen molar-refractivity contribution in [3.05, 3.63) is 0 Å². The zero-order valence-corrected chi connectivity index (χ0v) is 10.9. The molecule has 0 radical (unpaired) electrons. The molecule has 0 spiro atoms. The fourth-order valence-electron chi connectivity index (χ4n) is 1.34. The maximum absolute atomic E-state index is 5.59. The van der Waals surface area contributed by atoms with Crippen molar-refractivity contribution in [1.82, 2.24) is 0 Å². The number of nitrogens with two attached hydrogens (primary N) is 2. The quantitative estimate of drug-likeness (QED) is 0.554. The van der Waals surface area contributed by atoms with Crippen LogP contribution in [-0.2, 0) is 9.47 Å². The molecule has 16 heavy (non-hydrogen) atoms. The zero-order valence-electron chi connectivity index (χ0n) is 10.9. The van der Waals surface area contributed by atoms with E-state index in [9.17, 15) is 0 Å². The summed E-state index contributed by atoms with van der Waals surface area (Å²) in [5.74, 6) is 0.567. The first kappa shape index (κ1) is 15.8. The van der Waals surface area contributed by atoms with Gasteiger partial charge in [-0.05, 0) is 32.6 Å². The third kappa shape index (κ3) is 11.9. The number of hydrogen-bond donors (Lipinski definition) is 2. The van der Waals surface area contributed by atoms with Crippen LogP contribution in [-0.4, -0.2) is 38.5 Å². The molecule has 0 aliphatic carbocycles. The number of hydrogen-bond acceptors (Lipinski definition) is 4. The maximum Gasteiger partial charge on any atom is 0.0614 e. The molecule has 0 amide bonds. The van der Waals surface area contributed by atoms with Gasteiger partial charge in [0.2, 0.25) is 0 Å². The van der Waals surface area contributed by atoms with Gasteiger partial charge in [-0.2, -0.15) is 0 Å². The Balaban J connectivity index is 3.20. The largest absolute Gasteiger partial charge is 0.380 e. The summed E-state index contributed by atoms with van der Waals surface area (Å²) in [6, 6.07) is 0.258. The van der Waals surface area contributed by atoms with Crippen LogP contribution in [0, 0.1) is 5.92 Å². The molecule has 0 aromatic rings. The van der Waals surface area contributed by atoms with Gasteiger partial charge in [0.15, 0.2) is 0 Å². The first-order valence-electron chi connectivity index (χ1n) is 6.19. The third-order valence-electron chi connectivity index (χ3n) is 2.15. The van der Waals surface area contributed by atoms with Gasteiger partial charge in [-0.15, -0.1) is 0 Å². The Morgan fingerprint density at radius 1 is 0.875 bits per heavy atom. The van der Waals surface area contributed by atoms with Gasteiger partial charge in [-0.1, -0.05) is 6.92 Å². The predicted molar refractivity (Wildman–Crippen MR) is 67.3 cm³/mol. The second-order valence-electron chi connectivity index (χ2n) is 4.81. The monoisotopic (exact) mass is 232 g/mol. The van der Waals surface area contributed by atoms with Crippen molar-refractivity contribution in [3.63, 3.8) is 0 Å². The summed E-state index contributed by atoms with van der Waals surface area (Å²) < 4.78 is 10.9. The van der Waals surface area contributed by atoms with Gasteiger partial charge in [0.1, 0.15) is 0 Å². The Morgan fingerprint density at radius 2 is 1.44 bits per heavy atom. The summed E-state index contributed by atoms with van der Waals surface area (Å²) in [6.07, 6.45) is 2.19. The normalized spacial score (nSPS) is 17.1. The fraction of sp³-hybridized carbons (Fsp3) is 1.00. The van der Waals surface area contributed by atoms with Gasteiger partial charge < -0.3 is 20.9 Å². The highest BCUT2D eigenvalue weighted by atomic mass is 16.5. The highest BCUT2D eigenvalue weighted by Gasteiger charge is 2.03. The molecule has 3 unspecified atom stereocenters. The van der Waals surface area contributed by atoms with Crippen molar-refractivity contribution in [3.8, 4) is 0 Å². The molecule has 4 N–H and O–H groups in total. The van der Waals surface area contributed by atoms with E-state index in [1.165, 1.54) is 0 Å². The summed E-state index contributed by atoms with van der Waals surface area (Å²) >= 11 is 0. The molecule has 0 bridgehead atoms. The van der Waals surface area contributed by atoms with Crippen LogP contribution in [0.2, 0.25) is 0 Å². The molecule has 3 atom stereocenters. The lowest BCUT2D eigenvalue weighted by molar-refractivity contribution is 0.0832. The molecule has 0 saturated carbocycles. The molecule has 0 fully saturated rings. The Kier molecular flexibility index (Phi) is 9.92. The van der Waals surface area contributed by atoms with Crippen LogP contribution in [0.5, 0.6) is 0 Å². The minimum Gasteiger partial charge on any atom is -0.380 e. The van der Waals surface area contributed by atoms with Crippen LogP contribution < -0.4 is 11.5 Å². The van der Waals surface area contributed by atoms with Gasteiger partial charge >= 0.3 is 0 Å². The molecular weight excluding hydrogens is 204 g/mol. The van der Waals surface area contributed by atoms with Crippen LogP contribution >= 0.6 is 0 Å². The standard InChI is InChI=1S/C12H28N2O2/c1-10(7-16-9-12(3)14)5-4-6-15-8-11(2)13/h10-12H,4-9,13-14H2,1-3H3. The molecule has 98 valence electrons. The lowest BCUT2D eigenvalue weighted by Gasteiger charge is -2.13. The summed E-state index contributed by atoms with van der Waals surface area (Å²) in [5, 5.41) is 0. The molecule has 0 aromatic heterocycles. The van der Waals surface area contributed by atoms with Gasteiger partial charge in [0.05, 0.1) is 13.2 Å². The van der Waals surface area contributed by atoms with Crippen molar-refractivity contribution in [2.75, 3.05) is 26.4 Å². The first-order valence-corrected chi connectivity index (χ1v) is 6.19. The van der Waals surface area contributed by atoms with Crippen molar-refractivity contribution in [2.24, 2.45) is 17.4 Å². The smallest absolute Gasteiger partial charge is 0.0614 e. The fourth-order valence-corrected chi connectivity index (χ4v) is 1.34. The molecule has 0 heterocycles. The molecule has 0 saturated heterocycles. The van der Waals surface area contributed by atoms with Gasteiger partial charge in [0, 0.05) is 25.3 Å². The molecule has 0 aromatic carbocycles. The summed E-state index contributed by atoms with van der Waals surface area (Å²) in [6.45, 7) is 8.96. The Labute approximate surface area is 99.7 Å². The molecular formula is C12H28N2O2. The minimum absolute atomic E-state index is 0.126. The van der Waals surface area contributed by atoms with Crippen molar-refractivity contribution in [2.45, 2.75) is 45.7 Å². The van der Waals surface area contributed by atoms with E-state index in [0.29, 0.717) is 19.1 Å². The van der Waals surface area contributed by atoms with E-state index in [4.69, 9.17) is 20.9 Å². The number of ether oxygens (including phenoxy) is 2. The third-order valence-corrected chi connectivity index (χ3v) is 2.15. The van der Waals surface area contributed by atoms with E-state index >= 15 is 0 Å². The van der Waals surface area contributed by atoms with Crippen LogP contribution in [0.15, 0.2) is 0 Å². The highest BCUT2D eigenvalue weighted by Crippen LogP contribution is 2.06. The second-order valence-corrected chi connectivity index (χ2v) is 4.81. The van der Waals surface area contributed by atoms with Crippen molar-refractivity contribution < 1.29 is 9.47 Å². The van der Waals surface area contributed by atoms with Crippen LogP contribution in [0.4, 0.5) is 0 Å². The van der Waals surface area contributed by atoms with E-state index in [2.05, 4.69) is 6.92 Å². The Bertz CT molecular complexity index is 152. The zero-order chi connectivity index (χ0) is 12.4. The lowest BCUT2D eigenvalue weighted by Crippen LogP contribution is -2.23. The molecule has 4 nitrogen and oxygen atoms in total. The predicted octanol–water partition coefficient (Wildman–Crippen LogP) is 1.13. The van der Waals surface area contributed by atoms with Crippen LogP contribution in [0.25, 0.3) is 0 Å². The maximum atomic E-state index is 5.59.